The average molecular weight is 617 g/mol. The lowest BCUT2D eigenvalue weighted by molar-refractivity contribution is -0.139. The van der Waals surface area contributed by atoms with Crippen LogP contribution in [0.3, 0.4) is 0 Å². The fourth-order valence-corrected chi connectivity index (χ4v) is 6.03. The van der Waals surface area contributed by atoms with Crippen LogP contribution >= 0.6 is 15.9 Å². The summed E-state index contributed by atoms with van der Waals surface area (Å²) in [6.07, 6.45) is 5.71. The maximum Gasteiger partial charge on any atom is 0.410 e. The van der Waals surface area contributed by atoms with Gasteiger partial charge in [-0.1, -0.05) is 22.0 Å². The van der Waals surface area contributed by atoms with Gasteiger partial charge in [0.2, 0.25) is 5.91 Å². The van der Waals surface area contributed by atoms with E-state index >= 15 is 0 Å². The van der Waals surface area contributed by atoms with Crippen LogP contribution in [0.5, 0.6) is 0 Å². The van der Waals surface area contributed by atoms with E-state index in [0.717, 1.165) is 41.3 Å². The molecule has 2 aromatic rings. The molecule has 0 bridgehead atoms. The fraction of sp³-hybridized carbons (Fsp3) is 0.581. The van der Waals surface area contributed by atoms with Crippen molar-refractivity contribution >= 4 is 27.9 Å². The van der Waals surface area contributed by atoms with E-state index in [4.69, 9.17) is 9.47 Å². The Hall–Kier alpha value is -2.65. The molecule has 1 aromatic carbocycles. The van der Waals surface area contributed by atoms with Gasteiger partial charge in [0.15, 0.2) is 0 Å². The number of pyridine rings is 1. The summed E-state index contributed by atoms with van der Waals surface area (Å²) in [4.78, 5) is 43.6. The van der Waals surface area contributed by atoms with Crippen molar-refractivity contribution in [3.05, 3.63) is 68.0 Å². The highest BCUT2D eigenvalue weighted by atomic mass is 79.9. The van der Waals surface area contributed by atoms with E-state index in [1.165, 1.54) is 10.1 Å². The quantitative estimate of drug-likeness (QED) is 0.360. The van der Waals surface area contributed by atoms with Gasteiger partial charge in [-0.15, -0.1) is 0 Å². The standard InChI is InChI=1S/C31H42BrN3O5/c1-31(2,3)40-30(38)34-13-11-26(23-10-12-33(4)28(36)18-23)27(20-34)29(37)35(25-8-9-25)19-22-15-21(7-6-14-39-5)16-24(32)17-22/h10,12,15-18,25-27H,6-9,11,13-14,19-20H2,1-5H3/t26-,27+/m1/s1. The molecule has 0 spiro atoms. The molecule has 9 heteroatoms. The van der Waals surface area contributed by atoms with Crippen LogP contribution in [0.25, 0.3) is 0 Å². The van der Waals surface area contributed by atoms with E-state index in [-0.39, 0.29) is 30.0 Å². The first-order valence-electron chi connectivity index (χ1n) is 14.2. The molecule has 1 aliphatic carbocycles. The van der Waals surface area contributed by atoms with Gasteiger partial charge in [0, 0.05) is 63.2 Å². The summed E-state index contributed by atoms with van der Waals surface area (Å²) in [7, 11) is 3.43. The van der Waals surface area contributed by atoms with Gasteiger partial charge in [0.1, 0.15) is 5.60 Å². The number of hydrogen-bond acceptors (Lipinski definition) is 5. The number of hydrogen-bond donors (Lipinski definition) is 0. The number of amides is 2. The van der Waals surface area contributed by atoms with Crippen molar-refractivity contribution in [3.8, 4) is 0 Å². The number of likely N-dealkylation sites (tertiary alicyclic amines) is 1. The third-order valence-corrected chi connectivity index (χ3v) is 8.05. The number of rotatable bonds is 9. The fourth-order valence-electron chi connectivity index (χ4n) is 5.44. The first kappa shape index (κ1) is 30.3. The smallest absolute Gasteiger partial charge is 0.410 e. The van der Waals surface area contributed by atoms with Crippen molar-refractivity contribution in [1.29, 1.82) is 0 Å². The second kappa shape index (κ2) is 12.9. The normalized spacial score (nSPS) is 19.4. The first-order chi connectivity index (χ1) is 18.9. The number of methoxy groups -OCH3 is 1. The lowest BCUT2D eigenvalue weighted by atomic mass is 9.79. The minimum Gasteiger partial charge on any atom is -0.444 e. The molecule has 218 valence electrons. The molecule has 4 rings (SSSR count). The molecule has 2 amide bonds. The van der Waals surface area contributed by atoms with Crippen LogP contribution in [-0.4, -0.2) is 64.8 Å². The van der Waals surface area contributed by atoms with E-state index in [1.54, 1.807) is 31.3 Å². The van der Waals surface area contributed by atoms with E-state index in [2.05, 4.69) is 34.1 Å². The monoisotopic (exact) mass is 615 g/mol. The van der Waals surface area contributed by atoms with Crippen LogP contribution in [0.2, 0.25) is 0 Å². The Kier molecular flexibility index (Phi) is 9.77. The number of aryl methyl sites for hydroxylation is 2. The van der Waals surface area contributed by atoms with Crippen molar-refractivity contribution in [2.24, 2.45) is 13.0 Å². The highest BCUT2D eigenvalue weighted by Gasteiger charge is 2.43. The van der Waals surface area contributed by atoms with Crippen LogP contribution < -0.4 is 5.56 Å². The Bertz CT molecular complexity index is 1270. The molecule has 2 aliphatic rings. The van der Waals surface area contributed by atoms with Crippen LogP contribution in [0, 0.1) is 5.92 Å². The lowest BCUT2D eigenvalue weighted by Crippen LogP contribution is -2.51. The number of ether oxygens (including phenoxy) is 2. The number of nitrogens with zero attached hydrogens (tertiary/aromatic N) is 3. The van der Waals surface area contributed by atoms with Gasteiger partial charge in [-0.3, -0.25) is 9.59 Å². The number of piperidine rings is 1. The van der Waals surface area contributed by atoms with Gasteiger partial charge >= 0.3 is 6.09 Å². The SMILES string of the molecule is COCCCc1cc(Br)cc(CN(C(=O)[C@H]2CN(C(=O)OC(C)(C)C)CC[C@@H]2c2ccn(C)c(=O)c2)C2CC2)c1. The average Bonchev–Trinajstić information content (AvgIpc) is 3.72. The van der Waals surface area contributed by atoms with Gasteiger partial charge in [-0.05, 0) is 93.7 Å². The summed E-state index contributed by atoms with van der Waals surface area (Å²) in [6.45, 7) is 7.47. The Labute approximate surface area is 245 Å². The van der Waals surface area contributed by atoms with Gasteiger partial charge in [-0.2, -0.15) is 0 Å². The maximum atomic E-state index is 14.4. The van der Waals surface area contributed by atoms with E-state index < -0.39 is 17.6 Å². The zero-order valence-corrected chi connectivity index (χ0v) is 25.9. The highest BCUT2D eigenvalue weighted by Crippen LogP contribution is 2.38. The summed E-state index contributed by atoms with van der Waals surface area (Å²) < 4.78 is 13.4. The first-order valence-corrected chi connectivity index (χ1v) is 15.0. The van der Waals surface area contributed by atoms with Gasteiger partial charge in [-0.25, -0.2) is 4.79 Å². The Morgan fingerprint density at radius 2 is 1.82 bits per heavy atom. The molecule has 0 unspecified atom stereocenters. The molecule has 2 heterocycles. The number of benzene rings is 1. The summed E-state index contributed by atoms with van der Waals surface area (Å²) in [6, 6.07) is 10.1. The Morgan fingerprint density at radius 3 is 2.48 bits per heavy atom. The molecular formula is C31H42BrN3O5. The van der Waals surface area contributed by atoms with Crippen molar-refractivity contribution in [2.45, 2.75) is 77.0 Å². The Balaban J connectivity index is 1.61. The summed E-state index contributed by atoms with van der Waals surface area (Å²) in [5.41, 5.74) is 2.40. The largest absolute Gasteiger partial charge is 0.444 e. The van der Waals surface area contributed by atoms with E-state index in [0.29, 0.717) is 26.1 Å². The van der Waals surface area contributed by atoms with E-state index in [1.807, 2.05) is 31.7 Å². The maximum absolute atomic E-state index is 14.4. The van der Waals surface area contributed by atoms with Crippen LogP contribution in [0.15, 0.2) is 45.8 Å². The second-order valence-corrected chi connectivity index (χ2v) is 13.0. The predicted molar refractivity (Wildman–Crippen MR) is 158 cm³/mol. The molecule has 1 aromatic heterocycles. The number of halogens is 1. The number of carbonyl (C=O) groups excluding carboxylic acids is 2. The topological polar surface area (TPSA) is 81.1 Å². The molecule has 2 fully saturated rings. The van der Waals surface area contributed by atoms with Crippen LogP contribution in [0.4, 0.5) is 4.79 Å². The van der Waals surface area contributed by atoms with Crippen LogP contribution in [-0.2, 0) is 34.3 Å². The number of aromatic nitrogens is 1. The summed E-state index contributed by atoms with van der Waals surface area (Å²) >= 11 is 3.65. The lowest BCUT2D eigenvalue weighted by Gasteiger charge is -2.40. The zero-order chi connectivity index (χ0) is 29.0. The third-order valence-electron chi connectivity index (χ3n) is 7.59. The molecule has 40 heavy (non-hydrogen) atoms. The van der Waals surface area contributed by atoms with E-state index in [9.17, 15) is 14.4 Å². The molecular weight excluding hydrogens is 574 g/mol. The second-order valence-electron chi connectivity index (χ2n) is 12.1. The minimum atomic E-state index is -0.624. The third kappa shape index (κ3) is 7.97. The Morgan fingerprint density at radius 1 is 1.10 bits per heavy atom. The molecule has 0 N–H and O–H groups in total. The number of carbonyl (C=O) groups is 2. The minimum absolute atomic E-state index is 0.0299. The van der Waals surface area contributed by atoms with Crippen molar-refractivity contribution in [3.63, 3.8) is 0 Å². The highest BCUT2D eigenvalue weighted by molar-refractivity contribution is 9.10. The molecule has 8 nitrogen and oxygen atoms in total. The predicted octanol–water partition coefficient (Wildman–Crippen LogP) is 5.26. The molecule has 1 aliphatic heterocycles. The molecule has 0 radical (unpaired) electrons. The van der Waals surface area contributed by atoms with Crippen molar-refractivity contribution < 1.29 is 19.1 Å². The molecule has 2 atom stereocenters. The zero-order valence-electron chi connectivity index (χ0n) is 24.3. The van der Waals surface area contributed by atoms with Gasteiger partial charge in [0.25, 0.3) is 5.56 Å². The molecule has 1 saturated heterocycles. The van der Waals surface area contributed by atoms with Crippen molar-refractivity contribution in [2.75, 3.05) is 26.8 Å². The van der Waals surface area contributed by atoms with Gasteiger partial charge < -0.3 is 23.8 Å². The summed E-state index contributed by atoms with van der Waals surface area (Å²) in [5, 5.41) is 0. The summed E-state index contributed by atoms with van der Waals surface area (Å²) in [5.74, 6) is -0.599. The van der Waals surface area contributed by atoms with Gasteiger partial charge in [0.05, 0.1) is 5.92 Å². The van der Waals surface area contributed by atoms with Crippen LogP contribution in [0.1, 0.15) is 69.1 Å². The van der Waals surface area contributed by atoms with Crippen molar-refractivity contribution in [1.82, 2.24) is 14.4 Å². The molecule has 1 saturated carbocycles.